The number of rotatable bonds is 9. The first kappa shape index (κ1) is 17.4. The lowest BCUT2D eigenvalue weighted by Gasteiger charge is -2.27. The van der Waals surface area contributed by atoms with Crippen molar-refractivity contribution in [3.8, 4) is 6.07 Å². The zero-order valence-corrected chi connectivity index (χ0v) is 13.3. The van der Waals surface area contributed by atoms with Crippen LogP contribution in [0.2, 0.25) is 0 Å². The third-order valence-electron chi connectivity index (χ3n) is 4.31. The molecule has 1 heterocycles. The van der Waals surface area contributed by atoms with Crippen LogP contribution < -0.4 is 5.32 Å². The molecule has 1 rings (SSSR count). The number of likely N-dealkylation sites (tertiary alicyclic amines) is 1. The number of ether oxygens (including phenoxy) is 2. The second-order valence-electron chi connectivity index (χ2n) is 5.49. The van der Waals surface area contributed by atoms with Crippen LogP contribution in [0, 0.1) is 11.3 Å². The molecule has 3 atom stereocenters. The van der Waals surface area contributed by atoms with Crippen molar-refractivity contribution in [2.24, 2.45) is 0 Å². The normalized spacial score (nSPS) is 26.4. The molecule has 0 amide bonds. The summed E-state index contributed by atoms with van der Waals surface area (Å²) in [6.45, 7) is 7.79. The lowest BCUT2D eigenvalue weighted by atomic mass is 9.92. The van der Waals surface area contributed by atoms with E-state index in [9.17, 15) is 5.26 Å². The lowest BCUT2D eigenvalue weighted by molar-refractivity contribution is -0.00461. The fourth-order valence-corrected chi connectivity index (χ4v) is 2.96. The summed E-state index contributed by atoms with van der Waals surface area (Å²) in [6.07, 6.45) is 3.08. The second-order valence-corrected chi connectivity index (χ2v) is 5.49. The van der Waals surface area contributed by atoms with E-state index in [0.29, 0.717) is 0 Å². The number of hydrogen-bond acceptors (Lipinski definition) is 5. The number of methoxy groups -OCH3 is 2. The van der Waals surface area contributed by atoms with E-state index in [0.717, 1.165) is 45.4 Å². The van der Waals surface area contributed by atoms with Gasteiger partial charge >= 0.3 is 0 Å². The van der Waals surface area contributed by atoms with E-state index in [1.807, 2.05) is 0 Å². The third-order valence-corrected chi connectivity index (χ3v) is 4.31. The number of hydrogen-bond donors (Lipinski definition) is 1. The Morgan fingerprint density at radius 1 is 1.25 bits per heavy atom. The highest BCUT2D eigenvalue weighted by Crippen LogP contribution is 2.20. The van der Waals surface area contributed by atoms with Crippen LogP contribution in [-0.4, -0.2) is 63.0 Å². The molecule has 0 saturated carbocycles. The Balaban J connectivity index is 2.39. The fourth-order valence-electron chi connectivity index (χ4n) is 2.96. The molecule has 5 heteroatoms. The minimum Gasteiger partial charge on any atom is -0.377 e. The number of nitrogens with zero attached hydrogens (tertiary/aromatic N) is 2. The van der Waals surface area contributed by atoms with E-state index in [-0.39, 0.29) is 17.7 Å². The molecule has 0 aromatic rings. The Labute approximate surface area is 123 Å². The highest BCUT2D eigenvalue weighted by atomic mass is 16.5. The quantitative estimate of drug-likeness (QED) is 0.693. The summed E-state index contributed by atoms with van der Waals surface area (Å²) in [5.74, 6) is 0. The molecule has 1 aliphatic heterocycles. The van der Waals surface area contributed by atoms with Gasteiger partial charge in [0.05, 0.1) is 18.3 Å². The van der Waals surface area contributed by atoms with Crippen molar-refractivity contribution in [1.29, 1.82) is 5.26 Å². The van der Waals surface area contributed by atoms with Crippen molar-refractivity contribution in [3.05, 3.63) is 0 Å². The van der Waals surface area contributed by atoms with Gasteiger partial charge in [0.2, 0.25) is 0 Å². The van der Waals surface area contributed by atoms with Crippen molar-refractivity contribution in [3.63, 3.8) is 0 Å². The van der Waals surface area contributed by atoms with Gasteiger partial charge in [-0.3, -0.25) is 10.2 Å². The van der Waals surface area contributed by atoms with E-state index in [1.54, 1.807) is 14.2 Å². The molecule has 3 unspecified atom stereocenters. The van der Waals surface area contributed by atoms with Gasteiger partial charge in [-0.2, -0.15) is 5.26 Å². The fraction of sp³-hybridized carbons (Fsp3) is 0.933. The summed E-state index contributed by atoms with van der Waals surface area (Å²) in [5, 5.41) is 12.7. The summed E-state index contributed by atoms with van der Waals surface area (Å²) in [5.41, 5.74) is -0.365. The third kappa shape index (κ3) is 4.42. The van der Waals surface area contributed by atoms with Crippen LogP contribution in [0.25, 0.3) is 0 Å². The predicted octanol–water partition coefficient (Wildman–Crippen LogP) is 1.39. The first-order valence-electron chi connectivity index (χ1n) is 7.58. The number of nitrogens with one attached hydrogen (secondary N) is 1. The first-order chi connectivity index (χ1) is 9.64. The average Bonchev–Trinajstić information content (AvgIpc) is 2.88. The lowest BCUT2D eigenvalue weighted by Crippen LogP contribution is -2.43. The van der Waals surface area contributed by atoms with Gasteiger partial charge in [-0.15, -0.1) is 0 Å². The molecule has 0 bridgehead atoms. The highest BCUT2D eigenvalue weighted by molar-refractivity contribution is 5.06. The van der Waals surface area contributed by atoms with Gasteiger partial charge in [0.15, 0.2) is 0 Å². The topological polar surface area (TPSA) is 57.5 Å². The molecule has 0 aliphatic carbocycles. The van der Waals surface area contributed by atoms with E-state index in [4.69, 9.17) is 9.47 Å². The van der Waals surface area contributed by atoms with E-state index in [1.165, 1.54) is 0 Å². The summed E-state index contributed by atoms with van der Waals surface area (Å²) in [4.78, 5) is 2.37. The molecule has 0 spiro atoms. The minimum atomic E-state index is -0.365. The summed E-state index contributed by atoms with van der Waals surface area (Å²) >= 11 is 0. The maximum absolute atomic E-state index is 9.39. The maximum Gasteiger partial charge on any atom is 0.106 e. The zero-order chi connectivity index (χ0) is 15.0. The average molecular weight is 283 g/mol. The van der Waals surface area contributed by atoms with Crippen molar-refractivity contribution >= 4 is 0 Å². The molecule has 0 radical (unpaired) electrons. The summed E-state index contributed by atoms with van der Waals surface area (Å²) < 4.78 is 10.9. The molecule has 0 aromatic heterocycles. The van der Waals surface area contributed by atoms with Crippen LogP contribution in [-0.2, 0) is 9.47 Å². The largest absolute Gasteiger partial charge is 0.377 e. The van der Waals surface area contributed by atoms with Crippen molar-refractivity contribution < 1.29 is 9.47 Å². The van der Waals surface area contributed by atoms with Gasteiger partial charge in [0.1, 0.15) is 5.54 Å². The standard InChI is InChI=1S/C15H29N3O2/c1-5-15(12-16,17-6-2)8-7-9-18-10-13(19-3)14(11-18)20-4/h13-14,17H,5-11H2,1-4H3. The molecule has 1 aliphatic rings. The Hall–Kier alpha value is -0.670. The molecular formula is C15H29N3O2. The zero-order valence-electron chi connectivity index (χ0n) is 13.3. The van der Waals surface area contributed by atoms with E-state index < -0.39 is 0 Å². The second kappa shape index (κ2) is 8.58. The summed E-state index contributed by atoms with van der Waals surface area (Å²) in [6, 6.07) is 2.45. The Morgan fingerprint density at radius 3 is 2.25 bits per heavy atom. The smallest absolute Gasteiger partial charge is 0.106 e. The predicted molar refractivity (Wildman–Crippen MR) is 79.6 cm³/mol. The van der Waals surface area contributed by atoms with Crippen molar-refractivity contribution in [1.82, 2.24) is 10.2 Å². The first-order valence-corrected chi connectivity index (χ1v) is 7.58. The van der Waals surface area contributed by atoms with Crippen LogP contribution >= 0.6 is 0 Å². The van der Waals surface area contributed by atoms with Crippen LogP contribution in [0.15, 0.2) is 0 Å². The summed E-state index contributed by atoms with van der Waals surface area (Å²) in [7, 11) is 3.48. The van der Waals surface area contributed by atoms with Crippen molar-refractivity contribution in [2.45, 2.75) is 50.9 Å². The highest BCUT2D eigenvalue weighted by Gasteiger charge is 2.33. The van der Waals surface area contributed by atoms with Gasteiger partial charge in [-0.1, -0.05) is 13.8 Å². The van der Waals surface area contributed by atoms with Crippen molar-refractivity contribution in [2.75, 3.05) is 40.4 Å². The van der Waals surface area contributed by atoms with Crippen LogP contribution in [0.3, 0.4) is 0 Å². The van der Waals surface area contributed by atoms with Crippen LogP contribution in [0.4, 0.5) is 0 Å². The molecule has 1 saturated heterocycles. The maximum atomic E-state index is 9.39. The molecule has 20 heavy (non-hydrogen) atoms. The Morgan fingerprint density at radius 2 is 1.85 bits per heavy atom. The molecular weight excluding hydrogens is 254 g/mol. The molecule has 5 nitrogen and oxygen atoms in total. The minimum absolute atomic E-state index is 0.167. The van der Waals surface area contributed by atoms with Crippen LogP contribution in [0.1, 0.15) is 33.1 Å². The molecule has 1 fully saturated rings. The molecule has 0 aromatic carbocycles. The Bertz CT molecular complexity index is 307. The van der Waals surface area contributed by atoms with E-state index in [2.05, 4.69) is 30.1 Å². The van der Waals surface area contributed by atoms with Gasteiger partial charge in [0.25, 0.3) is 0 Å². The van der Waals surface area contributed by atoms with Gasteiger partial charge in [-0.25, -0.2) is 0 Å². The van der Waals surface area contributed by atoms with E-state index >= 15 is 0 Å². The van der Waals surface area contributed by atoms with Gasteiger partial charge in [0, 0.05) is 27.3 Å². The monoisotopic (exact) mass is 283 g/mol. The Kier molecular flexibility index (Phi) is 7.46. The molecule has 1 N–H and O–H groups in total. The van der Waals surface area contributed by atoms with Gasteiger partial charge < -0.3 is 9.47 Å². The molecule has 116 valence electrons. The number of nitriles is 1. The van der Waals surface area contributed by atoms with Gasteiger partial charge in [-0.05, 0) is 32.4 Å². The van der Waals surface area contributed by atoms with Crippen LogP contribution in [0.5, 0.6) is 0 Å². The SMILES string of the molecule is CCNC(C#N)(CC)CCCN1CC(OC)C(OC)C1.